The standard InChI is InChI=1S/C12H13N5OS/c18-11(15-12-13-5-7-19-12)9-3-6-17(8-9)10-2-1-4-14-16-10/h1-2,4-5,7,9H,3,6,8H2,(H,13,15,18). The van der Waals surface area contributed by atoms with Gasteiger partial charge in [-0.25, -0.2) is 4.98 Å². The van der Waals surface area contributed by atoms with Gasteiger partial charge in [0.25, 0.3) is 0 Å². The van der Waals surface area contributed by atoms with Crippen molar-refractivity contribution in [2.45, 2.75) is 6.42 Å². The van der Waals surface area contributed by atoms with E-state index in [1.54, 1.807) is 12.4 Å². The third kappa shape index (κ3) is 2.70. The van der Waals surface area contributed by atoms with Crippen LogP contribution in [-0.4, -0.2) is 34.2 Å². The monoisotopic (exact) mass is 275 g/mol. The van der Waals surface area contributed by atoms with Crippen molar-refractivity contribution in [1.82, 2.24) is 15.2 Å². The fourth-order valence-corrected chi connectivity index (χ4v) is 2.67. The molecular formula is C12H13N5OS. The summed E-state index contributed by atoms with van der Waals surface area (Å²) in [7, 11) is 0. The summed E-state index contributed by atoms with van der Waals surface area (Å²) in [6, 6.07) is 3.76. The molecule has 2 aromatic rings. The van der Waals surface area contributed by atoms with Crippen LogP contribution in [0.3, 0.4) is 0 Å². The van der Waals surface area contributed by atoms with Crippen LogP contribution in [0.5, 0.6) is 0 Å². The minimum absolute atomic E-state index is 0.0223. The summed E-state index contributed by atoms with van der Waals surface area (Å²) in [5.41, 5.74) is 0. The zero-order valence-electron chi connectivity index (χ0n) is 10.2. The van der Waals surface area contributed by atoms with Gasteiger partial charge in [0.05, 0.1) is 5.92 Å². The molecule has 1 aliphatic rings. The summed E-state index contributed by atoms with van der Waals surface area (Å²) < 4.78 is 0. The maximum absolute atomic E-state index is 12.1. The van der Waals surface area contributed by atoms with Gasteiger partial charge in [-0.05, 0) is 18.6 Å². The molecule has 1 N–H and O–H groups in total. The Balaban J connectivity index is 1.61. The fraction of sp³-hybridized carbons (Fsp3) is 0.333. The average Bonchev–Trinajstić information content (AvgIpc) is 3.10. The maximum Gasteiger partial charge on any atom is 0.231 e. The van der Waals surface area contributed by atoms with Crippen molar-refractivity contribution >= 4 is 28.2 Å². The molecule has 1 atom stereocenters. The molecule has 0 spiro atoms. The Morgan fingerprint density at radius 3 is 3.16 bits per heavy atom. The number of carbonyl (C=O) groups is 1. The van der Waals surface area contributed by atoms with Gasteiger partial charge in [-0.1, -0.05) is 0 Å². The number of anilines is 2. The lowest BCUT2D eigenvalue weighted by atomic mass is 10.1. The third-order valence-electron chi connectivity index (χ3n) is 3.10. The fourth-order valence-electron chi connectivity index (χ4n) is 2.14. The van der Waals surface area contributed by atoms with Crippen LogP contribution in [0.1, 0.15) is 6.42 Å². The summed E-state index contributed by atoms with van der Waals surface area (Å²) in [4.78, 5) is 18.2. The second kappa shape index (κ2) is 5.31. The predicted molar refractivity (Wildman–Crippen MR) is 73.1 cm³/mol. The molecule has 0 saturated carbocycles. The molecule has 19 heavy (non-hydrogen) atoms. The summed E-state index contributed by atoms with van der Waals surface area (Å²) in [6.07, 6.45) is 4.15. The van der Waals surface area contributed by atoms with Gasteiger partial charge in [0.2, 0.25) is 5.91 Å². The Morgan fingerprint density at radius 2 is 2.42 bits per heavy atom. The van der Waals surface area contributed by atoms with Gasteiger partial charge in [0, 0.05) is 30.9 Å². The quantitative estimate of drug-likeness (QED) is 0.916. The minimum atomic E-state index is -0.0223. The van der Waals surface area contributed by atoms with Gasteiger partial charge in [-0.15, -0.1) is 16.4 Å². The van der Waals surface area contributed by atoms with Crippen molar-refractivity contribution in [3.8, 4) is 0 Å². The van der Waals surface area contributed by atoms with E-state index in [0.29, 0.717) is 11.7 Å². The van der Waals surface area contributed by atoms with E-state index in [9.17, 15) is 4.79 Å². The number of nitrogens with zero attached hydrogens (tertiary/aromatic N) is 4. The van der Waals surface area contributed by atoms with Crippen LogP contribution in [0.4, 0.5) is 10.9 Å². The van der Waals surface area contributed by atoms with E-state index in [1.165, 1.54) is 11.3 Å². The molecule has 6 nitrogen and oxygen atoms in total. The SMILES string of the molecule is O=C(Nc1nccs1)C1CCN(c2cccnn2)C1. The zero-order chi connectivity index (χ0) is 13.1. The third-order valence-corrected chi connectivity index (χ3v) is 3.79. The molecule has 0 radical (unpaired) electrons. The second-order valence-electron chi connectivity index (χ2n) is 4.34. The Bertz CT molecular complexity index is 545. The molecule has 98 valence electrons. The van der Waals surface area contributed by atoms with Gasteiger partial charge < -0.3 is 10.2 Å². The maximum atomic E-state index is 12.1. The Hall–Kier alpha value is -2.02. The van der Waals surface area contributed by atoms with E-state index < -0.39 is 0 Å². The lowest BCUT2D eigenvalue weighted by Gasteiger charge is -2.15. The summed E-state index contributed by atoms with van der Waals surface area (Å²) in [5.74, 6) is 0.833. The molecule has 1 unspecified atom stereocenters. The second-order valence-corrected chi connectivity index (χ2v) is 5.23. The van der Waals surface area contributed by atoms with Gasteiger partial charge in [-0.3, -0.25) is 4.79 Å². The number of aromatic nitrogens is 3. The topological polar surface area (TPSA) is 71.0 Å². The summed E-state index contributed by atoms with van der Waals surface area (Å²) >= 11 is 1.43. The highest BCUT2D eigenvalue weighted by molar-refractivity contribution is 7.13. The molecule has 3 heterocycles. The molecule has 0 bridgehead atoms. The van der Waals surface area contributed by atoms with Crippen molar-refractivity contribution < 1.29 is 4.79 Å². The first-order valence-electron chi connectivity index (χ1n) is 6.06. The summed E-state index contributed by atoms with van der Waals surface area (Å²) in [5, 5.41) is 13.3. The van der Waals surface area contributed by atoms with Crippen LogP contribution in [-0.2, 0) is 4.79 Å². The smallest absolute Gasteiger partial charge is 0.231 e. The average molecular weight is 275 g/mol. The highest BCUT2D eigenvalue weighted by atomic mass is 32.1. The molecule has 2 aromatic heterocycles. The number of amides is 1. The highest BCUT2D eigenvalue weighted by Gasteiger charge is 2.29. The minimum Gasteiger partial charge on any atom is -0.354 e. The number of carbonyl (C=O) groups excluding carboxylic acids is 1. The number of hydrogen-bond donors (Lipinski definition) is 1. The van der Waals surface area contributed by atoms with Crippen LogP contribution in [0.15, 0.2) is 29.9 Å². The van der Waals surface area contributed by atoms with E-state index in [4.69, 9.17) is 0 Å². The number of nitrogens with one attached hydrogen (secondary N) is 1. The summed E-state index contributed by atoms with van der Waals surface area (Å²) in [6.45, 7) is 1.50. The van der Waals surface area contributed by atoms with E-state index in [0.717, 1.165) is 18.8 Å². The first-order valence-corrected chi connectivity index (χ1v) is 6.94. The van der Waals surface area contributed by atoms with E-state index in [-0.39, 0.29) is 11.8 Å². The zero-order valence-corrected chi connectivity index (χ0v) is 11.0. The first kappa shape index (κ1) is 12.0. The Labute approximate surface area is 114 Å². The van der Waals surface area contributed by atoms with Gasteiger partial charge >= 0.3 is 0 Å². The van der Waals surface area contributed by atoms with E-state index in [2.05, 4.69) is 25.4 Å². The molecule has 1 aliphatic heterocycles. The molecule has 3 rings (SSSR count). The Morgan fingerprint density at radius 1 is 1.47 bits per heavy atom. The van der Waals surface area contributed by atoms with Crippen LogP contribution in [0, 0.1) is 5.92 Å². The largest absolute Gasteiger partial charge is 0.354 e. The number of rotatable bonds is 3. The number of thiazole rings is 1. The van der Waals surface area contributed by atoms with Crippen molar-refractivity contribution in [3.05, 3.63) is 29.9 Å². The van der Waals surface area contributed by atoms with Crippen LogP contribution >= 0.6 is 11.3 Å². The first-order chi connectivity index (χ1) is 9.33. The van der Waals surface area contributed by atoms with Crippen LogP contribution in [0.2, 0.25) is 0 Å². The molecule has 1 fully saturated rings. The van der Waals surface area contributed by atoms with Crippen LogP contribution in [0.25, 0.3) is 0 Å². The van der Waals surface area contributed by atoms with Crippen molar-refractivity contribution in [2.75, 3.05) is 23.3 Å². The molecule has 0 aromatic carbocycles. The van der Waals surface area contributed by atoms with Crippen LogP contribution < -0.4 is 10.2 Å². The lowest BCUT2D eigenvalue weighted by Crippen LogP contribution is -2.27. The van der Waals surface area contributed by atoms with Crippen molar-refractivity contribution in [1.29, 1.82) is 0 Å². The molecule has 1 amide bonds. The Kier molecular flexibility index (Phi) is 3.37. The van der Waals surface area contributed by atoms with E-state index >= 15 is 0 Å². The van der Waals surface area contributed by atoms with Crippen molar-refractivity contribution in [3.63, 3.8) is 0 Å². The molecule has 7 heteroatoms. The molecule has 0 aliphatic carbocycles. The van der Waals surface area contributed by atoms with E-state index in [1.807, 2.05) is 17.5 Å². The highest BCUT2D eigenvalue weighted by Crippen LogP contribution is 2.23. The van der Waals surface area contributed by atoms with Gasteiger partial charge in [-0.2, -0.15) is 5.10 Å². The van der Waals surface area contributed by atoms with Crippen molar-refractivity contribution in [2.24, 2.45) is 5.92 Å². The lowest BCUT2D eigenvalue weighted by molar-refractivity contribution is -0.119. The van der Waals surface area contributed by atoms with Gasteiger partial charge in [0.15, 0.2) is 10.9 Å². The molecule has 1 saturated heterocycles. The predicted octanol–water partition coefficient (Wildman–Crippen LogP) is 1.40. The van der Waals surface area contributed by atoms with Gasteiger partial charge in [0.1, 0.15) is 0 Å². The number of hydrogen-bond acceptors (Lipinski definition) is 6. The normalized spacial score (nSPS) is 18.5. The molecular weight excluding hydrogens is 262 g/mol.